The monoisotopic (exact) mass is 429 g/mol. The van der Waals surface area contributed by atoms with Crippen molar-refractivity contribution in [1.29, 1.82) is 0 Å². The summed E-state index contributed by atoms with van der Waals surface area (Å²) in [5, 5.41) is 2.85. The number of likely N-dealkylation sites (N-methyl/N-ethyl adjacent to an activating group) is 1. The molecule has 1 amide bonds. The molecule has 30 heavy (non-hydrogen) atoms. The second kappa shape index (κ2) is 10.2. The van der Waals surface area contributed by atoms with Gasteiger partial charge in [-0.1, -0.05) is 37.1 Å². The zero-order chi connectivity index (χ0) is 21.6. The van der Waals surface area contributed by atoms with Crippen LogP contribution in [0.3, 0.4) is 0 Å². The highest BCUT2D eigenvalue weighted by Crippen LogP contribution is 2.22. The highest BCUT2D eigenvalue weighted by Gasteiger charge is 2.25. The second-order valence-corrected chi connectivity index (χ2v) is 9.93. The Morgan fingerprint density at radius 2 is 1.63 bits per heavy atom. The molecule has 1 aliphatic heterocycles. The van der Waals surface area contributed by atoms with Gasteiger partial charge in [-0.3, -0.25) is 9.69 Å². The molecular weight excluding hydrogens is 398 g/mol. The van der Waals surface area contributed by atoms with Crippen molar-refractivity contribution in [2.24, 2.45) is 0 Å². The van der Waals surface area contributed by atoms with Crippen LogP contribution in [0.4, 0.5) is 5.69 Å². The average molecular weight is 430 g/mol. The molecule has 1 heterocycles. The molecule has 162 valence electrons. The van der Waals surface area contributed by atoms with Crippen molar-refractivity contribution in [1.82, 2.24) is 9.21 Å². The normalized spacial score (nSPS) is 15.7. The maximum absolute atomic E-state index is 12.9. The van der Waals surface area contributed by atoms with Crippen LogP contribution in [0.1, 0.15) is 36.8 Å². The van der Waals surface area contributed by atoms with E-state index in [-0.39, 0.29) is 17.3 Å². The topological polar surface area (TPSA) is 69.7 Å². The predicted octanol–water partition coefficient (Wildman–Crippen LogP) is 3.63. The summed E-state index contributed by atoms with van der Waals surface area (Å²) in [7, 11) is -1.57. The number of anilines is 1. The summed E-state index contributed by atoms with van der Waals surface area (Å²) in [6.07, 6.45) is 3.97. The Labute approximate surface area is 179 Å². The number of carbonyl (C=O) groups is 1. The SMILES string of the molecule is Cc1ccccc1CN(C)CC(=O)Nc1ccc(S(=O)(=O)N2CCCCCC2)cc1. The summed E-state index contributed by atoms with van der Waals surface area (Å²) in [4.78, 5) is 14.6. The maximum Gasteiger partial charge on any atom is 0.243 e. The highest BCUT2D eigenvalue weighted by atomic mass is 32.2. The third kappa shape index (κ3) is 5.90. The van der Waals surface area contributed by atoms with E-state index in [0.717, 1.165) is 25.7 Å². The number of aryl methyl sites for hydroxylation is 1. The van der Waals surface area contributed by atoms with E-state index in [9.17, 15) is 13.2 Å². The van der Waals surface area contributed by atoms with E-state index in [0.29, 0.717) is 25.3 Å². The summed E-state index contributed by atoms with van der Waals surface area (Å²) >= 11 is 0. The van der Waals surface area contributed by atoms with Crippen molar-refractivity contribution in [3.63, 3.8) is 0 Å². The number of carbonyl (C=O) groups excluding carboxylic acids is 1. The van der Waals surface area contributed by atoms with E-state index >= 15 is 0 Å². The first-order chi connectivity index (χ1) is 14.4. The molecule has 0 atom stereocenters. The van der Waals surface area contributed by atoms with E-state index in [1.807, 2.05) is 24.1 Å². The predicted molar refractivity (Wildman–Crippen MR) is 120 cm³/mol. The zero-order valence-corrected chi connectivity index (χ0v) is 18.6. The Bertz CT molecular complexity index is 950. The van der Waals surface area contributed by atoms with Gasteiger partial charge in [0.05, 0.1) is 11.4 Å². The number of rotatable bonds is 7. The number of sulfonamides is 1. The Kier molecular flexibility index (Phi) is 7.64. The Morgan fingerprint density at radius 3 is 2.27 bits per heavy atom. The van der Waals surface area contributed by atoms with Crippen LogP contribution in [0.5, 0.6) is 0 Å². The summed E-state index contributed by atoms with van der Waals surface area (Å²) in [5.41, 5.74) is 2.99. The van der Waals surface area contributed by atoms with Gasteiger partial charge in [0.15, 0.2) is 0 Å². The van der Waals surface area contributed by atoms with Gasteiger partial charge < -0.3 is 5.32 Å². The standard InChI is InChI=1S/C23H31N3O3S/c1-19-9-5-6-10-20(19)17-25(2)18-23(27)24-21-11-13-22(14-12-21)30(28,29)26-15-7-3-4-8-16-26/h5-6,9-14H,3-4,7-8,15-18H2,1-2H3,(H,24,27). The fourth-order valence-electron chi connectivity index (χ4n) is 3.72. The second-order valence-electron chi connectivity index (χ2n) is 7.99. The third-order valence-corrected chi connectivity index (χ3v) is 7.37. The fourth-order valence-corrected chi connectivity index (χ4v) is 5.24. The average Bonchev–Trinajstić information content (AvgIpc) is 3.00. The van der Waals surface area contributed by atoms with Crippen molar-refractivity contribution in [3.05, 3.63) is 59.7 Å². The minimum atomic E-state index is -3.48. The summed E-state index contributed by atoms with van der Waals surface area (Å²) < 4.78 is 27.3. The van der Waals surface area contributed by atoms with Crippen LogP contribution in [-0.4, -0.2) is 50.2 Å². The summed E-state index contributed by atoms with van der Waals surface area (Å²) in [5.74, 6) is -0.130. The smallest absolute Gasteiger partial charge is 0.243 e. The van der Waals surface area contributed by atoms with Gasteiger partial charge in [0.1, 0.15) is 0 Å². The first-order valence-corrected chi connectivity index (χ1v) is 11.9. The minimum absolute atomic E-state index is 0.130. The van der Waals surface area contributed by atoms with Crippen LogP contribution in [0.15, 0.2) is 53.4 Å². The van der Waals surface area contributed by atoms with E-state index in [4.69, 9.17) is 0 Å². The van der Waals surface area contributed by atoms with Gasteiger partial charge in [-0.15, -0.1) is 0 Å². The maximum atomic E-state index is 12.9. The largest absolute Gasteiger partial charge is 0.325 e. The molecule has 0 radical (unpaired) electrons. The van der Waals surface area contributed by atoms with E-state index < -0.39 is 10.0 Å². The number of amides is 1. The summed E-state index contributed by atoms with van der Waals surface area (Å²) in [6.45, 7) is 4.15. The van der Waals surface area contributed by atoms with Gasteiger partial charge in [-0.05, 0) is 62.2 Å². The summed E-state index contributed by atoms with van der Waals surface area (Å²) in [6, 6.07) is 14.6. The highest BCUT2D eigenvalue weighted by molar-refractivity contribution is 7.89. The van der Waals surface area contributed by atoms with Crippen molar-refractivity contribution < 1.29 is 13.2 Å². The van der Waals surface area contributed by atoms with Gasteiger partial charge in [0.2, 0.25) is 15.9 Å². The first kappa shape index (κ1) is 22.5. The molecule has 2 aromatic rings. The molecule has 3 rings (SSSR count). The molecule has 0 aromatic heterocycles. The zero-order valence-electron chi connectivity index (χ0n) is 17.8. The van der Waals surface area contributed by atoms with Crippen molar-refractivity contribution in [3.8, 4) is 0 Å². The lowest BCUT2D eigenvalue weighted by Crippen LogP contribution is -2.32. The molecule has 0 aliphatic carbocycles. The van der Waals surface area contributed by atoms with Crippen LogP contribution < -0.4 is 5.32 Å². The van der Waals surface area contributed by atoms with E-state index in [2.05, 4.69) is 24.4 Å². The van der Waals surface area contributed by atoms with Crippen molar-refractivity contribution in [2.75, 3.05) is 32.0 Å². The van der Waals surface area contributed by atoms with Crippen LogP contribution in [0.25, 0.3) is 0 Å². The van der Waals surface area contributed by atoms with Gasteiger partial charge in [0, 0.05) is 25.3 Å². The van der Waals surface area contributed by atoms with E-state index in [1.54, 1.807) is 28.6 Å². The molecule has 2 aromatic carbocycles. The van der Waals surface area contributed by atoms with Crippen molar-refractivity contribution >= 4 is 21.6 Å². The molecular formula is C23H31N3O3S. The van der Waals surface area contributed by atoms with Crippen LogP contribution >= 0.6 is 0 Å². The fraction of sp³-hybridized carbons (Fsp3) is 0.435. The number of hydrogen-bond acceptors (Lipinski definition) is 4. The molecule has 1 fully saturated rings. The molecule has 0 saturated carbocycles. The molecule has 1 N–H and O–H groups in total. The molecule has 0 unspecified atom stereocenters. The lowest BCUT2D eigenvalue weighted by atomic mass is 10.1. The lowest BCUT2D eigenvalue weighted by molar-refractivity contribution is -0.117. The minimum Gasteiger partial charge on any atom is -0.325 e. The lowest BCUT2D eigenvalue weighted by Gasteiger charge is -2.20. The van der Waals surface area contributed by atoms with Crippen molar-refractivity contribution in [2.45, 2.75) is 44.0 Å². The molecule has 1 saturated heterocycles. The van der Waals surface area contributed by atoms with E-state index in [1.165, 1.54) is 11.1 Å². The number of hydrogen-bond donors (Lipinski definition) is 1. The van der Waals surface area contributed by atoms with Gasteiger partial charge in [0.25, 0.3) is 0 Å². The van der Waals surface area contributed by atoms with Gasteiger partial charge in [-0.25, -0.2) is 8.42 Å². The van der Waals surface area contributed by atoms with Crippen LogP contribution in [-0.2, 0) is 21.4 Å². The molecule has 7 heteroatoms. The third-order valence-electron chi connectivity index (χ3n) is 5.46. The number of nitrogens with one attached hydrogen (secondary N) is 1. The Hall–Kier alpha value is -2.22. The van der Waals surface area contributed by atoms with Gasteiger partial charge >= 0.3 is 0 Å². The Balaban J connectivity index is 1.57. The first-order valence-electron chi connectivity index (χ1n) is 10.5. The molecule has 6 nitrogen and oxygen atoms in total. The van der Waals surface area contributed by atoms with Gasteiger partial charge in [-0.2, -0.15) is 4.31 Å². The number of benzene rings is 2. The molecule has 0 spiro atoms. The van der Waals surface area contributed by atoms with Crippen LogP contribution in [0.2, 0.25) is 0 Å². The molecule has 0 bridgehead atoms. The quantitative estimate of drug-likeness (QED) is 0.730. The Morgan fingerprint density at radius 1 is 1.00 bits per heavy atom. The number of nitrogens with zero attached hydrogens (tertiary/aromatic N) is 2. The van der Waals surface area contributed by atoms with Crippen LogP contribution in [0, 0.1) is 6.92 Å². The molecule has 1 aliphatic rings.